The molecule has 0 heterocycles. The Labute approximate surface area is 238 Å². The van der Waals surface area contributed by atoms with Crippen molar-refractivity contribution >= 4 is 30.1 Å². The number of ether oxygens (including phenoxy) is 2. The molecule has 10 nitrogen and oxygen atoms in total. The number of esters is 2. The number of hydrogen-bond acceptors (Lipinski definition) is 9. The quantitative estimate of drug-likeness (QED) is 0.170. The highest BCUT2D eigenvalue weighted by molar-refractivity contribution is 5.91. The van der Waals surface area contributed by atoms with Gasteiger partial charge in [0.1, 0.15) is 12.2 Å². The molecule has 0 bridgehead atoms. The number of carboxylic acids is 1. The molecule has 0 aromatic heterocycles. The van der Waals surface area contributed by atoms with E-state index in [4.69, 9.17) is 9.47 Å². The summed E-state index contributed by atoms with van der Waals surface area (Å²) in [5.41, 5.74) is 1.13. The zero-order valence-corrected chi connectivity index (χ0v) is 23.4. The summed E-state index contributed by atoms with van der Waals surface area (Å²) in [7, 11) is 0. The number of aliphatic hydroxyl groups excluding tert-OH is 2. The van der Waals surface area contributed by atoms with Crippen LogP contribution in [0.2, 0.25) is 0 Å². The van der Waals surface area contributed by atoms with Crippen molar-refractivity contribution in [2.75, 3.05) is 0 Å². The minimum Gasteiger partial charge on any atom is -0.504 e. The Hall–Kier alpha value is -4.15. The van der Waals surface area contributed by atoms with Gasteiger partial charge in [-0.15, -0.1) is 0 Å². The summed E-state index contributed by atoms with van der Waals surface area (Å²) in [5, 5.41) is 49.7. The number of rotatable bonds is 9. The molecule has 0 radical (unpaired) electrons. The van der Waals surface area contributed by atoms with E-state index in [0.29, 0.717) is 11.5 Å². The standard InChI is InChI=1S/C31H36O10/c1-17(2)21-9-5-19(13-22(21)18(3)4)8-12-28(36)41-31(30(38)39)15-25(34)29(37)26(16-31)40-27(35)11-7-20-6-10-23(32)24(33)14-20/h5-14,17-18,25-26,29,32-34,37H,15-16H2,1-4H3,(H,38,39)/b11-7+,12-8+/t25-,26-,29+,31-/m1/s1. The van der Waals surface area contributed by atoms with Gasteiger partial charge in [-0.1, -0.05) is 52.0 Å². The minimum absolute atomic E-state index is 0.251. The molecule has 0 saturated heterocycles. The van der Waals surface area contributed by atoms with E-state index in [1.165, 1.54) is 35.9 Å². The first-order valence-electron chi connectivity index (χ1n) is 13.3. The van der Waals surface area contributed by atoms with Gasteiger partial charge in [-0.3, -0.25) is 0 Å². The number of aliphatic carboxylic acids is 1. The summed E-state index contributed by atoms with van der Waals surface area (Å²) in [6.07, 6.45) is -1.17. The first kappa shape index (κ1) is 31.4. The van der Waals surface area contributed by atoms with E-state index in [-0.39, 0.29) is 11.7 Å². The molecule has 2 aromatic rings. The first-order valence-corrected chi connectivity index (χ1v) is 13.3. The maximum absolute atomic E-state index is 12.7. The molecule has 0 unspecified atom stereocenters. The Bertz CT molecular complexity index is 1340. The smallest absolute Gasteiger partial charge is 0.348 e. The van der Waals surface area contributed by atoms with E-state index >= 15 is 0 Å². The molecule has 220 valence electrons. The van der Waals surface area contributed by atoms with Gasteiger partial charge >= 0.3 is 17.9 Å². The molecule has 1 aliphatic carbocycles. The molecule has 0 spiro atoms. The third-order valence-corrected chi connectivity index (χ3v) is 6.98. The highest BCUT2D eigenvalue weighted by Crippen LogP contribution is 2.35. The van der Waals surface area contributed by atoms with Crippen molar-refractivity contribution in [3.05, 3.63) is 70.8 Å². The van der Waals surface area contributed by atoms with Crippen LogP contribution in [0.25, 0.3) is 12.2 Å². The summed E-state index contributed by atoms with van der Waals surface area (Å²) >= 11 is 0. The Kier molecular flexibility index (Phi) is 9.96. The molecule has 2 aromatic carbocycles. The van der Waals surface area contributed by atoms with Crippen LogP contribution in [-0.4, -0.2) is 67.4 Å². The lowest BCUT2D eigenvalue weighted by Gasteiger charge is -2.41. The number of phenols is 2. The second-order valence-corrected chi connectivity index (χ2v) is 10.8. The monoisotopic (exact) mass is 568 g/mol. The fraction of sp³-hybridized carbons (Fsp3) is 0.387. The normalized spacial score (nSPS) is 22.9. The lowest BCUT2D eigenvalue weighted by atomic mass is 9.79. The van der Waals surface area contributed by atoms with E-state index in [1.807, 2.05) is 18.2 Å². The van der Waals surface area contributed by atoms with Gasteiger partial charge in [0.2, 0.25) is 5.60 Å². The molecule has 4 atom stereocenters. The Balaban J connectivity index is 1.75. The average Bonchev–Trinajstić information content (AvgIpc) is 2.90. The van der Waals surface area contributed by atoms with Crippen molar-refractivity contribution in [3.63, 3.8) is 0 Å². The second-order valence-electron chi connectivity index (χ2n) is 10.8. The summed E-state index contributed by atoms with van der Waals surface area (Å²) in [4.78, 5) is 37.4. The van der Waals surface area contributed by atoms with Gasteiger partial charge < -0.3 is 35.0 Å². The van der Waals surface area contributed by atoms with Crippen LogP contribution in [0.5, 0.6) is 11.5 Å². The average molecular weight is 569 g/mol. The molecule has 3 rings (SSSR count). The lowest BCUT2D eigenvalue weighted by Crippen LogP contribution is -2.58. The van der Waals surface area contributed by atoms with E-state index < -0.39 is 60.4 Å². The van der Waals surface area contributed by atoms with Gasteiger partial charge in [0.25, 0.3) is 0 Å². The molecule has 5 N–H and O–H groups in total. The predicted molar refractivity (Wildman–Crippen MR) is 150 cm³/mol. The van der Waals surface area contributed by atoms with Gasteiger partial charge in [-0.25, -0.2) is 14.4 Å². The molecular formula is C31H36O10. The number of aromatic hydroxyl groups is 2. The third kappa shape index (κ3) is 7.74. The van der Waals surface area contributed by atoms with Crippen molar-refractivity contribution in [1.29, 1.82) is 0 Å². The zero-order chi connectivity index (χ0) is 30.5. The summed E-state index contributed by atoms with van der Waals surface area (Å²) < 4.78 is 10.5. The Morgan fingerprint density at radius 3 is 2.00 bits per heavy atom. The lowest BCUT2D eigenvalue weighted by molar-refractivity contribution is -0.207. The van der Waals surface area contributed by atoms with E-state index in [1.54, 1.807) is 0 Å². The van der Waals surface area contributed by atoms with Gasteiger partial charge in [-0.05, 0) is 58.4 Å². The maximum Gasteiger partial charge on any atom is 0.348 e. The zero-order valence-electron chi connectivity index (χ0n) is 23.4. The van der Waals surface area contributed by atoms with Crippen LogP contribution in [0.4, 0.5) is 0 Å². The minimum atomic E-state index is -2.26. The summed E-state index contributed by atoms with van der Waals surface area (Å²) in [6, 6.07) is 9.63. The van der Waals surface area contributed by atoms with E-state index in [0.717, 1.165) is 23.3 Å². The van der Waals surface area contributed by atoms with Crippen molar-refractivity contribution in [1.82, 2.24) is 0 Å². The number of phenolic OH excluding ortho intramolecular Hbond substituents is 2. The van der Waals surface area contributed by atoms with Crippen molar-refractivity contribution in [2.45, 2.75) is 76.3 Å². The van der Waals surface area contributed by atoms with E-state index in [2.05, 4.69) is 27.7 Å². The van der Waals surface area contributed by atoms with Crippen LogP contribution in [0.1, 0.15) is 74.6 Å². The SMILES string of the molecule is CC(C)c1ccc(/C=C/C(=O)O[C@]2(C(=O)O)C[C@@H](O)[C@H](O)[C@H](OC(=O)/C=C/c3ccc(O)c(O)c3)C2)cc1C(C)C. The topological polar surface area (TPSA) is 171 Å². The summed E-state index contributed by atoms with van der Waals surface area (Å²) in [6.45, 7) is 8.33. The fourth-order valence-electron chi connectivity index (χ4n) is 4.76. The largest absolute Gasteiger partial charge is 0.504 e. The molecule has 1 aliphatic rings. The van der Waals surface area contributed by atoms with Crippen LogP contribution < -0.4 is 0 Å². The highest BCUT2D eigenvalue weighted by atomic mass is 16.6. The van der Waals surface area contributed by atoms with Crippen LogP contribution in [-0.2, 0) is 23.9 Å². The predicted octanol–water partition coefficient (Wildman–Crippen LogP) is 3.87. The number of carbonyl (C=O) groups excluding carboxylic acids is 2. The highest BCUT2D eigenvalue weighted by Gasteiger charge is 2.54. The van der Waals surface area contributed by atoms with Crippen LogP contribution in [0.15, 0.2) is 48.6 Å². The molecule has 10 heteroatoms. The third-order valence-electron chi connectivity index (χ3n) is 6.98. The number of benzene rings is 2. The van der Waals surface area contributed by atoms with Gasteiger partial charge in [0.05, 0.1) is 6.10 Å². The van der Waals surface area contributed by atoms with Crippen LogP contribution >= 0.6 is 0 Å². The summed E-state index contributed by atoms with van der Waals surface area (Å²) in [5.74, 6) is -3.70. The van der Waals surface area contributed by atoms with Gasteiger partial charge in [0.15, 0.2) is 11.5 Å². The van der Waals surface area contributed by atoms with E-state index in [9.17, 15) is 39.9 Å². The molecule has 0 amide bonds. The fourth-order valence-corrected chi connectivity index (χ4v) is 4.76. The van der Waals surface area contributed by atoms with Crippen LogP contribution in [0, 0.1) is 0 Å². The molecule has 41 heavy (non-hydrogen) atoms. The number of aliphatic hydroxyl groups is 2. The second kappa shape index (κ2) is 13.0. The number of carboxylic acid groups (broad SMARTS) is 1. The number of hydrogen-bond donors (Lipinski definition) is 5. The van der Waals surface area contributed by atoms with Gasteiger partial charge in [-0.2, -0.15) is 0 Å². The molecular weight excluding hydrogens is 532 g/mol. The van der Waals surface area contributed by atoms with Crippen molar-refractivity contribution in [2.24, 2.45) is 0 Å². The maximum atomic E-state index is 12.7. The van der Waals surface area contributed by atoms with Crippen LogP contribution in [0.3, 0.4) is 0 Å². The Morgan fingerprint density at radius 1 is 0.829 bits per heavy atom. The molecule has 1 fully saturated rings. The van der Waals surface area contributed by atoms with Gasteiger partial charge in [0, 0.05) is 25.0 Å². The first-order chi connectivity index (χ1) is 19.2. The number of carbonyl (C=O) groups is 3. The molecule has 0 aliphatic heterocycles. The molecule has 1 saturated carbocycles. The van der Waals surface area contributed by atoms with Crippen molar-refractivity contribution in [3.8, 4) is 11.5 Å². The Morgan fingerprint density at radius 2 is 1.41 bits per heavy atom. The van der Waals surface area contributed by atoms with Crippen molar-refractivity contribution < 1.29 is 49.4 Å².